The summed E-state index contributed by atoms with van der Waals surface area (Å²) in [6, 6.07) is 18.1. The summed E-state index contributed by atoms with van der Waals surface area (Å²) in [5, 5.41) is 3.88. The largest absolute Gasteiger partial charge is 0.339 e. The van der Waals surface area contributed by atoms with Gasteiger partial charge in [0, 0.05) is 30.0 Å². The van der Waals surface area contributed by atoms with Crippen LogP contribution in [0.2, 0.25) is 0 Å². The van der Waals surface area contributed by atoms with E-state index in [0.29, 0.717) is 12.1 Å². The molecule has 0 atom stereocenters. The van der Waals surface area contributed by atoms with Gasteiger partial charge in [-0.05, 0) is 49.1 Å². The third kappa shape index (κ3) is 4.31. The van der Waals surface area contributed by atoms with Crippen molar-refractivity contribution in [3.05, 3.63) is 99.6 Å². The molecule has 0 fully saturated rings. The molecule has 2 heterocycles. The van der Waals surface area contributed by atoms with Crippen LogP contribution in [-0.4, -0.2) is 15.0 Å². The van der Waals surface area contributed by atoms with Gasteiger partial charge in [-0.15, -0.1) is 0 Å². The molecule has 158 valence electrons. The zero-order chi connectivity index (χ0) is 22.0. The molecule has 1 amide bonds. The lowest BCUT2D eigenvalue weighted by Gasteiger charge is -2.14. The van der Waals surface area contributed by atoms with Gasteiger partial charge in [0.2, 0.25) is 5.91 Å². The highest BCUT2D eigenvalue weighted by Crippen LogP contribution is 2.21. The summed E-state index contributed by atoms with van der Waals surface area (Å²) in [6.45, 7) is 6.68. The van der Waals surface area contributed by atoms with E-state index >= 15 is 0 Å². The Bertz CT molecular complexity index is 1310. The molecule has 0 spiro atoms. The van der Waals surface area contributed by atoms with E-state index in [1.54, 1.807) is 6.20 Å². The van der Waals surface area contributed by atoms with Crippen molar-refractivity contribution in [1.82, 2.24) is 9.13 Å². The van der Waals surface area contributed by atoms with Crippen LogP contribution in [0.25, 0.3) is 10.9 Å². The minimum atomic E-state index is -0.206. The van der Waals surface area contributed by atoms with Crippen LogP contribution in [0.5, 0.6) is 0 Å². The van der Waals surface area contributed by atoms with Gasteiger partial charge in [-0.2, -0.15) is 0 Å². The molecule has 0 aliphatic carbocycles. The fraction of sp³-hybridized carbons (Fsp3) is 0.231. The lowest BCUT2D eigenvalue weighted by molar-refractivity contribution is -0.116. The normalized spacial score (nSPS) is 11.1. The number of hydrogen-bond donors (Lipinski definition) is 1. The number of hydrogen-bond acceptors (Lipinski definition) is 2. The van der Waals surface area contributed by atoms with Crippen molar-refractivity contribution in [2.24, 2.45) is 0 Å². The summed E-state index contributed by atoms with van der Waals surface area (Å²) in [7, 11) is 0. The molecule has 0 bridgehead atoms. The standard InChI is InChI=1S/C26H27N3O2/c1-4-21-10-6-8-19(3)24(21)27-23(30)17-29-14-12-22-11-13-28(25(22)26(29)31)16-20-9-5-7-18(2)15-20/h5-15H,4,16-17H2,1-3H3,(H,27,30). The molecule has 2 aromatic heterocycles. The number of carbonyl (C=O) groups excluding carboxylic acids is 1. The van der Waals surface area contributed by atoms with Crippen LogP contribution in [0.15, 0.2) is 71.8 Å². The summed E-state index contributed by atoms with van der Waals surface area (Å²) in [5.41, 5.74) is 5.72. The van der Waals surface area contributed by atoms with Crippen LogP contribution < -0.4 is 10.9 Å². The molecule has 31 heavy (non-hydrogen) atoms. The third-order valence-electron chi connectivity index (χ3n) is 5.65. The number of amides is 1. The van der Waals surface area contributed by atoms with Crippen LogP contribution in [0.3, 0.4) is 0 Å². The Morgan fingerprint density at radius 1 is 0.968 bits per heavy atom. The first-order valence-electron chi connectivity index (χ1n) is 10.6. The number of fused-ring (bicyclic) bond motifs is 1. The number of pyridine rings is 1. The molecule has 0 aliphatic rings. The summed E-state index contributed by atoms with van der Waals surface area (Å²) >= 11 is 0. The average molecular weight is 414 g/mol. The zero-order valence-corrected chi connectivity index (χ0v) is 18.2. The summed E-state index contributed by atoms with van der Waals surface area (Å²) in [5.74, 6) is -0.206. The lowest BCUT2D eigenvalue weighted by atomic mass is 10.1. The van der Waals surface area contributed by atoms with Crippen LogP contribution in [0, 0.1) is 13.8 Å². The zero-order valence-electron chi connectivity index (χ0n) is 18.2. The summed E-state index contributed by atoms with van der Waals surface area (Å²) in [4.78, 5) is 26.0. The first kappa shape index (κ1) is 20.7. The lowest BCUT2D eigenvalue weighted by Crippen LogP contribution is -2.28. The maximum atomic E-state index is 13.2. The molecule has 0 saturated heterocycles. The van der Waals surface area contributed by atoms with Crippen molar-refractivity contribution < 1.29 is 4.79 Å². The summed E-state index contributed by atoms with van der Waals surface area (Å²) < 4.78 is 3.44. The first-order valence-corrected chi connectivity index (χ1v) is 10.6. The number of aryl methyl sites for hydroxylation is 3. The molecule has 1 N–H and O–H groups in total. The molecular weight excluding hydrogens is 386 g/mol. The van der Waals surface area contributed by atoms with E-state index in [9.17, 15) is 9.59 Å². The van der Waals surface area contributed by atoms with E-state index in [4.69, 9.17) is 0 Å². The topological polar surface area (TPSA) is 56.0 Å². The van der Waals surface area contributed by atoms with Crippen molar-refractivity contribution in [3.63, 3.8) is 0 Å². The van der Waals surface area contributed by atoms with Crippen molar-refractivity contribution in [2.45, 2.75) is 40.3 Å². The Morgan fingerprint density at radius 3 is 2.45 bits per heavy atom. The Labute approximate surface area is 182 Å². The van der Waals surface area contributed by atoms with Gasteiger partial charge in [0.05, 0.1) is 0 Å². The van der Waals surface area contributed by atoms with Crippen molar-refractivity contribution in [2.75, 3.05) is 5.32 Å². The monoisotopic (exact) mass is 413 g/mol. The van der Waals surface area contributed by atoms with Crippen LogP contribution in [0.4, 0.5) is 5.69 Å². The van der Waals surface area contributed by atoms with Crippen molar-refractivity contribution in [1.29, 1.82) is 0 Å². The second kappa shape index (κ2) is 8.64. The molecule has 0 saturated carbocycles. The molecule has 4 aromatic rings. The smallest absolute Gasteiger partial charge is 0.275 e. The number of nitrogens with zero attached hydrogens (tertiary/aromatic N) is 2. The number of para-hydroxylation sites is 1. The molecule has 5 nitrogen and oxygen atoms in total. The maximum absolute atomic E-state index is 13.2. The third-order valence-corrected chi connectivity index (χ3v) is 5.65. The van der Waals surface area contributed by atoms with E-state index in [-0.39, 0.29) is 18.0 Å². The van der Waals surface area contributed by atoms with Crippen molar-refractivity contribution in [3.8, 4) is 0 Å². The highest BCUT2D eigenvalue weighted by Gasteiger charge is 2.13. The van der Waals surface area contributed by atoms with E-state index in [1.807, 2.05) is 54.1 Å². The molecular formula is C26H27N3O2. The maximum Gasteiger partial charge on any atom is 0.275 e. The van der Waals surface area contributed by atoms with Gasteiger partial charge >= 0.3 is 0 Å². The van der Waals surface area contributed by atoms with Gasteiger partial charge in [-0.3, -0.25) is 9.59 Å². The molecule has 4 rings (SSSR count). The highest BCUT2D eigenvalue weighted by molar-refractivity contribution is 5.92. The number of anilines is 1. The number of rotatable bonds is 6. The molecule has 0 aliphatic heterocycles. The van der Waals surface area contributed by atoms with E-state index in [2.05, 4.69) is 37.4 Å². The van der Waals surface area contributed by atoms with Gasteiger partial charge < -0.3 is 14.5 Å². The van der Waals surface area contributed by atoms with Crippen molar-refractivity contribution >= 4 is 22.5 Å². The number of benzene rings is 2. The van der Waals surface area contributed by atoms with E-state index in [1.165, 1.54) is 10.1 Å². The number of carbonyl (C=O) groups is 1. The Balaban J connectivity index is 1.61. The number of aromatic nitrogens is 2. The Morgan fingerprint density at radius 2 is 1.71 bits per heavy atom. The van der Waals surface area contributed by atoms with Gasteiger partial charge in [0.15, 0.2) is 0 Å². The quantitative estimate of drug-likeness (QED) is 0.499. The predicted molar refractivity (Wildman–Crippen MR) is 126 cm³/mol. The second-order valence-corrected chi connectivity index (χ2v) is 8.00. The van der Waals surface area contributed by atoms with Gasteiger partial charge in [-0.25, -0.2) is 0 Å². The Kier molecular flexibility index (Phi) is 5.76. The minimum Gasteiger partial charge on any atom is -0.339 e. The predicted octanol–water partition coefficient (Wildman–Crippen LogP) is 4.67. The van der Waals surface area contributed by atoms with Crippen LogP contribution in [-0.2, 0) is 24.3 Å². The van der Waals surface area contributed by atoms with E-state index < -0.39 is 0 Å². The second-order valence-electron chi connectivity index (χ2n) is 8.00. The molecule has 0 unspecified atom stereocenters. The minimum absolute atomic E-state index is 0.0259. The SMILES string of the molecule is CCc1cccc(C)c1NC(=O)Cn1ccc2ccn(Cc3cccc(C)c3)c2c1=O. The molecule has 0 radical (unpaired) electrons. The van der Waals surface area contributed by atoms with Gasteiger partial charge in [-0.1, -0.05) is 55.0 Å². The highest BCUT2D eigenvalue weighted by atomic mass is 16.2. The first-order chi connectivity index (χ1) is 15.0. The number of nitrogens with one attached hydrogen (secondary N) is 1. The van der Waals surface area contributed by atoms with Gasteiger partial charge in [0.25, 0.3) is 5.56 Å². The fourth-order valence-corrected chi connectivity index (χ4v) is 4.04. The van der Waals surface area contributed by atoms with Gasteiger partial charge in [0.1, 0.15) is 12.1 Å². The average Bonchev–Trinajstić information content (AvgIpc) is 3.15. The van der Waals surface area contributed by atoms with Crippen LogP contribution >= 0.6 is 0 Å². The molecule has 5 heteroatoms. The Hall–Kier alpha value is -3.60. The van der Waals surface area contributed by atoms with E-state index in [0.717, 1.165) is 34.2 Å². The summed E-state index contributed by atoms with van der Waals surface area (Å²) in [6.07, 6.45) is 4.45. The fourth-order valence-electron chi connectivity index (χ4n) is 4.04. The van der Waals surface area contributed by atoms with Crippen LogP contribution in [0.1, 0.15) is 29.2 Å². The molecule has 2 aromatic carbocycles.